The van der Waals surface area contributed by atoms with Gasteiger partial charge in [0.2, 0.25) is 15.9 Å². The maximum atomic E-state index is 13.2. The van der Waals surface area contributed by atoms with Crippen LogP contribution in [0.25, 0.3) is 0 Å². The standard InChI is InChI=1S/C24H33N3O6S/c1-33-19-11-8-16(9-12-19)23(24(30)26-18-6-4-3-5-7-18)25-15-22(29)17-10-13-21(28)20(14-17)27-34(2,31)32/h8-14,18,22-23,25,27-29H,3-7,15H2,1-2H3,(H,26,30)/t22?,23-/m0/s1. The summed E-state index contributed by atoms with van der Waals surface area (Å²) in [5.74, 6) is 0.247. The molecule has 1 saturated carbocycles. The molecular weight excluding hydrogens is 458 g/mol. The number of aliphatic hydroxyl groups excluding tert-OH is 1. The number of rotatable bonds is 10. The fourth-order valence-electron chi connectivity index (χ4n) is 4.08. The molecule has 0 aromatic heterocycles. The molecule has 1 amide bonds. The minimum absolute atomic E-state index is 0.0257. The first-order chi connectivity index (χ1) is 16.2. The number of carbonyl (C=O) groups excluding carboxylic acids is 1. The van der Waals surface area contributed by atoms with Crippen molar-refractivity contribution in [2.75, 3.05) is 24.6 Å². The van der Waals surface area contributed by atoms with E-state index in [0.29, 0.717) is 11.3 Å². The summed E-state index contributed by atoms with van der Waals surface area (Å²) in [6.07, 6.45) is 5.19. The Balaban J connectivity index is 1.75. The van der Waals surface area contributed by atoms with Crippen molar-refractivity contribution in [2.45, 2.75) is 50.3 Å². The summed E-state index contributed by atoms with van der Waals surface area (Å²) in [5.41, 5.74) is 1.09. The summed E-state index contributed by atoms with van der Waals surface area (Å²) >= 11 is 0. The lowest BCUT2D eigenvalue weighted by Crippen LogP contribution is -2.44. The van der Waals surface area contributed by atoms with Crippen molar-refractivity contribution < 1.29 is 28.2 Å². The first kappa shape index (κ1) is 25.8. The first-order valence-corrected chi connectivity index (χ1v) is 13.2. The Labute approximate surface area is 200 Å². The predicted molar refractivity (Wildman–Crippen MR) is 130 cm³/mol. The van der Waals surface area contributed by atoms with Crippen molar-refractivity contribution in [1.29, 1.82) is 0 Å². The van der Waals surface area contributed by atoms with Crippen molar-refractivity contribution >= 4 is 21.6 Å². The summed E-state index contributed by atoms with van der Waals surface area (Å²) in [5, 5.41) is 26.9. The Morgan fingerprint density at radius 2 is 1.74 bits per heavy atom. The number of benzene rings is 2. The van der Waals surface area contributed by atoms with Crippen LogP contribution >= 0.6 is 0 Å². The number of methoxy groups -OCH3 is 1. The first-order valence-electron chi connectivity index (χ1n) is 11.3. The highest BCUT2D eigenvalue weighted by Crippen LogP contribution is 2.28. The van der Waals surface area contributed by atoms with E-state index in [-0.39, 0.29) is 29.9 Å². The second-order valence-corrected chi connectivity index (χ2v) is 10.4. The second kappa shape index (κ2) is 11.5. The number of phenols is 1. The molecule has 2 aromatic carbocycles. The zero-order valence-electron chi connectivity index (χ0n) is 19.5. The zero-order chi connectivity index (χ0) is 24.7. The molecule has 2 atom stereocenters. The van der Waals surface area contributed by atoms with Crippen LogP contribution in [0.2, 0.25) is 0 Å². The van der Waals surface area contributed by atoms with Crippen LogP contribution in [0.3, 0.4) is 0 Å². The minimum Gasteiger partial charge on any atom is -0.506 e. The monoisotopic (exact) mass is 491 g/mol. The van der Waals surface area contributed by atoms with Gasteiger partial charge in [-0.1, -0.05) is 37.5 Å². The molecule has 0 spiro atoms. The smallest absolute Gasteiger partial charge is 0.241 e. The third-order valence-electron chi connectivity index (χ3n) is 5.88. The molecule has 1 aliphatic carbocycles. The van der Waals surface area contributed by atoms with E-state index in [0.717, 1.165) is 37.5 Å². The number of amides is 1. The van der Waals surface area contributed by atoms with Crippen molar-refractivity contribution in [1.82, 2.24) is 10.6 Å². The summed E-state index contributed by atoms with van der Waals surface area (Å²) in [4.78, 5) is 13.2. The highest BCUT2D eigenvalue weighted by atomic mass is 32.2. The van der Waals surface area contributed by atoms with E-state index < -0.39 is 22.2 Å². The van der Waals surface area contributed by atoms with Gasteiger partial charge in [-0.25, -0.2) is 8.42 Å². The molecule has 5 N–H and O–H groups in total. The molecule has 0 bridgehead atoms. The fraction of sp³-hybridized carbons (Fsp3) is 0.458. The number of carbonyl (C=O) groups is 1. The van der Waals surface area contributed by atoms with E-state index in [1.165, 1.54) is 24.6 Å². The van der Waals surface area contributed by atoms with Crippen molar-refractivity contribution in [3.63, 3.8) is 0 Å². The molecule has 2 aromatic rings. The minimum atomic E-state index is -3.61. The third kappa shape index (κ3) is 7.34. The van der Waals surface area contributed by atoms with Gasteiger partial charge in [0.1, 0.15) is 17.5 Å². The molecule has 0 heterocycles. The Morgan fingerprint density at radius 3 is 2.35 bits per heavy atom. The number of aromatic hydroxyl groups is 1. The largest absolute Gasteiger partial charge is 0.506 e. The number of anilines is 1. The lowest BCUT2D eigenvalue weighted by molar-refractivity contribution is -0.124. The Kier molecular flexibility index (Phi) is 8.76. The lowest BCUT2D eigenvalue weighted by Gasteiger charge is -2.27. The van der Waals surface area contributed by atoms with Crippen LogP contribution in [0.5, 0.6) is 11.5 Å². The van der Waals surface area contributed by atoms with Gasteiger partial charge >= 0.3 is 0 Å². The number of hydrogen-bond donors (Lipinski definition) is 5. The molecule has 0 aliphatic heterocycles. The molecule has 186 valence electrons. The van der Waals surface area contributed by atoms with Crippen molar-refractivity contribution in [3.05, 3.63) is 53.6 Å². The van der Waals surface area contributed by atoms with Gasteiger partial charge in [0.25, 0.3) is 0 Å². The number of phenolic OH excluding ortho intramolecular Hbond substituents is 1. The quantitative estimate of drug-likeness (QED) is 0.322. The van der Waals surface area contributed by atoms with E-state index in [1.54, 1.807) is 31.4 Å². The highest BCUT2D eigenvalue weighted by Gasteiger charge is 2.25. The maximum Gasteiger partial charge on any atom is 0.241 e. The molecule has 3 rings (SSSR count). The Bertz CT molecular complexity index is 1070. The van der Waals surface area contributed by atoms with Gasteiger partial charge in [0.15, 0.2) is 0 Å². The summed E-state index contributed by atoms with van der Waals surface area (Å²) in [6.45, 7) is 0.0257. The van der Waals surface area contributed by atoms with E-state index in [2.05, 4.69) is 15.4 Å². The molecule has 10 heteroatoms. The van der Waals surface area contributed by atoms with E-state index in [4.69, 9.17) is 4.74 Å². The van der Waals surface area contributed by atoms with Crippen LogP contribution in [0, 0.1) is 0 Å². The van der Waals surface area contributed by atoms with Gasteiger partial charge in [-0.15, -0.1) is 0 Å². The van der Waals surface area contributed by atoms with Crippen molar-refractivity contribution in [2.24, 2.45) is 0 Å². The number of sulfonamides is 1. The molecular formula is C24H33N3O6S. The van der Waals surface area contributed by atoms with Gasteiger partial charge in [-0.05, 0) is 48.2 Å². The van der Waals surface area contributed by atoms with Crippen LogP contribution in [0.4, 0.5) is 5.69 Å². The van der Waals surface area contributed by atoms with Gasteiger partial charge in [0.05, 0.1) is 25.2 Å². The third-order valence-corrected chi connectivity index (χ3v) is 6.47. The van der Waals surface area contributed by atoms with E-state index >= 15 is 0 Å². The molecule has 9 nitrogen and oxygen atoms in total. The molecule has 34 heavy (non-hydrogen) atoms. The van der Waals surface area contributed by atoms with Crippen LogP contribution in [-0.2, 0) is 14.8 Å². The average molecular weight is 492 g/mol. The fourth-order valence-corrected chi connectivity index (χ4v) is 4.64. The second-order valence-electron chi connectivity index (χ2n) is 8.62. The molecule has 1 unspecified atom stereocenters. The Morgan fingerprint density at radius 1 is 1.09 bits per heavy atom. The lowest BCUT2D eigenvalue weighted by atomic mass is 9.95. The number of aliphatic hydroxyl groups is 1. The highest BCUT2D eigenvalue weighted by molar-refractivity contribution is 7.92. The van der Waals surface area contributed by atoms with Gasteiger partial charge in [-0.3, -0.25) is 14.8 Å². The van der Waals surface area contributed by atoms with Crippen LogP contribution in [-0.4, -0.2) is 50.5 Å². The molecule has 0 radical (unpaired) electrons. The van der Waals surface area contributed by atoms with Gasteiger partial charge < -0.3 is 20.3 Å². The zero-order valence-corrected chi connectivity index (χ0v) is 20.3. The average Bonchev–Trinajstić information content (AvgIpc) is 2.80. The van der Waals surface area contributed by atoms with Crippen LogP contribution < -0.4 is 20.1 Å². The van der Waals surface area contributed by atoms with Gasteiger partial charge in [-0.2, -0.15) is 0 Å². The van der Waals surface area contributed by atoms with Gasteiger partial charge in [0, 0.05) is 12.6 Å². The summed E-state index contributed by atoms with van der Waals surface area (Å²) < 4.78 is 30.5. The number of hydrogen-bond acceptors (Lipinski definition) is 7. The molecule has 1 aliphatic rings. The number of nitrogens with one attached hydrogen (secondary N) is 3. The van der Waals surface area contributed by atoms with Crippen LogP contribution in [0.15, 0.2) is 42.5 Å². The number of ether oxygens (including phenoxy) is 1. The molecule has 1 fully saturated rings. The molecule has 0 saturated heterocycles. The normalized spacial score (nSPS) is 16.4. The SMILES string of the molecule is COc1ccc([C@H](NCC(O)c2ccc(O)c(NS(C)(=O)=O)c2)C(=O)NC2CCCCC2)cc1. The van der Waals surface area contributed by atoms with Crippen LogP contribution in [0.1, 0.15) is 55.4 Å². The van der Waals surface area contributed by atoms with E-state index in [9.17, 15) is 23.4 Å². The topological polar surface area (TPSA) is 137 Å². The maximum absolute atomic E-state index is 13.2. The summed E-state index contributed by atoms with van der Waals surface area (Å²) in [6, 6.07) is 10.8. The Hall–Kier alpha value is -2.82. The van der Waals surface area contributed by atoms with Crippen molar-refractivity contribution in [3.8, 4) is 11.5 Å². The predicted octanol–water partition coefficient (Wildman–Crippen LogP) is 2.59. The van der Waals surface area contributed by atoms with E-state index in [1.807, 2.05) is 0 Å². The summed E-state index contributed by atoms with van der Waals surface area (Å²) in [7, 11) is -2.03.